The third-order valence-corrected chi connectivity index (χ3v) is 7.14. The van der Waals surface area contributed by atoms with Crippen LogP contribution in [0.4, 0.5) is 10.6 Å². The lowest BCUT2D eigenvalue weighted by Crippen LogP contribution is -2.18. The van der Waals surface area contributed by atoms with E-state index in [2.05, 4.69) is 16.4 Å². The number of carbonyl (C=O) groups excluding carboxylic acids is 1. The number of amides is 1. The molecule has 1 atom stereocenters. The topological polar surface area (TPSA) is 75.0 Å². The van der Waals surface area contributed by atoms with Crippen LogP contribution in [-0.4, -0.2) is 11.1 Å². The molecular weight excluding hydrogens is 517 g/mol. The first-order valence-corrected chi connectivity index (χ1v) is 12.2. The van der Waals surface area contributed by atoms with E-state index in [1.807, 2.05) is 36.4 Å². The maximum atomic E-state index is 12.5. The number of fused-ring (bicyclic) bond motifs is 3. The van der Waals surface area contributed by atoms with Gasteiger partial charge in [0, 0.05) is 22.7 Å². The molecule has 1 N–H and O–H groups in total. The molecule has 1 unspecified atom stereocenters. The Morgan fingerprint density at radius 2 is 1.83 bits per heavy atom. The van der Waals surface area contributed by atoms with E-state index in [-0.39, 0.29) is 23.9 Å². The standard InChI is InChI=1S/C28H18Cl3N3O2/c29-19-8-5-16(6-9-19)15-36-28(35)34-27-23(13-32)26-18(14-33-27)11-22(20-3-1-2-4-21(20)26)17-7-10-24(30)25(31)12-17/h1-10,12,14,22H,11,15H2,(H,33,34,35). The highest BCUT2D eigenvalue weighted by molar-refractivity contribution is 6.42. The van der Waals surface area contributed by atoms with Crippen molar-refractivity contribution in [2.75, 3.05) is 5.32 Å². The van der Waals surface area contributed by atoms with Gasteiger partial charge in [0.25, 0.3) is 0 Å². The van der Waals surface area contributed by atoms with Crippen molar-refractivity contribution in [1.29, 1.82) is 5.26 Å². The molecular formula is C28H18Cl3N3O2. The van der Waals surface area contributed by atoms with E-state index in [9.17, 15) is 10.1 Å². The van der Waals surface area contributed by atoms with Crippen LogP contribution in [0.2, 0.25) is 15.1 Å². The highest BCUT2D eigenvalue weighted by Crippen LogP contribution is 2.45. The van der Waals surface area contributed by atoms with Crippen molar-refractivity contribution in [1.82, 2.24) is 4.98 Å². The Labute approximate surface area is 223 Å². The van der Waals surface area contributed by atoms with E-state index in [1.165, 1.54) is 0 Å². The zero-order chi connectivity index (χ0) is 25.2. The molecule has 178 valence electrons. The Kier molecular flexibility index (Phi) is 6.84. The quantitative estimate of drug-likeness (QED) is 0.288. The molecule has 1 heterocycles. The van der Waals surface area contributed by atoms with Crippen LogP contribution >= 0.6 is 34.8 Å². The average molecular weight is 535 g/mol. The minimum Gasteiger partial charge on any atom is -0.444 e. The summed E-state index contributed by atoms with van der Waals surface area (Å²) in [5.41, 5.74) is 5.73. The SMILES string of the molecule is N#Cc1c(NC(=O)OCc2ccc(Cl)cc2)ncc2c1-c1ccccc1C(c1ccc(Cl)c(Cl)c1)C2. The fourth-order valence-electron chi connectivity index (χ4n) is 4.46. The molecule has 3 aromatic carbocycles. The summed E-state index contributed by atoms with van der Waals surface area (Å²) in [6, 6.07) is 22.8. The van der Waals surface area contributed by atoms with E-state index in [0.717, 1.165) is 33.4 Å². The van der Waals surface area contributed by atoms with Gasteiger partial charge in [-0.3, -0.25) is 5.32 Å². The number of nitrogens with zero attached hydrogens (tertiary/aromatic N) is 2. The first-order chi connectivity index (χ1) is 17.4. The largest absolute Gasteiger partial charge is 0.444 e. The van der Waals surface area contributed by atoms with Crippen molar-refractivity contribution in [3.63, 3.8) is 0 Å². The van der Waals surface area contributed by atoms with Crippen molar-refractivity contribution in [2.24, 2.45) is 0 Å². The van der Waals surface area contributed by atoms with Crippen LogP contribution in [0.1, 0.15) is 33.7 Å². The molecule has 0 aliphatic heterocycles. The molecule has 1 aliphatic rings. The predicted molar refractivity (Wildman–Crippen MR) is 142 cm³/mol. The lowest BCUT2D eigenvalue weighted by Gasteiger charge is -2.29. The van der Waals surface area contributed by atoms with Gasteiger partial charge < -0.3 is 4.74 Å². The Morgan fingerprint density at radius 3 is 2.58 bits per heavy atom. The molecule has 0 spiro atoms. The number of aromatic nitrogens is 1. The summed E-state index contributed by atoms with van der Waals surface area (Å²) < 4.78 is 5.31. The number of hydrogen-bond donors (Lipinski definition) is 1. The van der Waals surface area contributed by atoms with Crippen molar-refractivity contribution in [2.45, 2.75) is 18.9 Å². The number of halogens is 3. The summed E-state index contributed by atoms with van der Waals surface area (Å²) in [6.07, 6.45) is 1.62. The number of nitriles is 1. The zero-order valence-electron chi connectivity index (χ0n) is 18.8. The van der Waals surface area contributed by atoms with Gasteiger partial charge in [-0.2, -0.15) is 5.26 Å². The summed E-state index contributed by atoms with van der Waals surface area (Å²) >= 11 is 18.3. The number of carbonyl (C=O) groups is 1. The Morgan fingerprint density at radius 1 is 1.06 bits per heavy atom. The molecule has 1 aromatic heterocycles. The van der Waals surface area contributed by atoms with Gasteiger partial charge in [0.15, 0.2) is 5.82 Å². The number of rotatable bonds is 4. The second-order valence-corrected chi connectivity index (χ2v) is 9.59. The summed E-state index contributed by atoms with van der Waals surface area (Å²) in [6.45, 7) is 0.0595. The highest BCUT2D eigenvalue weighted by atomic mass is 35.5. The van der Waals surface area contributed by atoms with Gasteiger partial charge in [-0.1, -0.05) is 77.3 Å². The fourth-order valence-corrected chi connectivity index (χ4v) is 4.90. The zero-order valence-corrected chi connectivity index (χ0v) is 21.0. The van der Waals surface area contributed by atoms with E-state index >= 15 is 0 Å². The van der Waals surface area contributed by atoms with Gasteiger partial charge in [0.1, 0.15) is 18.2 Å². The molecule has 8 heteroatoms. The van der Waals surface area contributed by atoms with Crippen molar-refractivity contribution < 1.29 is 9.53 Å². The van der Waals surface area contributed by atoms with Crippen LogP contribution in [0.5, 0.6) is 0 Å². The van der Waals surface area contributed by atoms with Gasteiger partial charge in [-0.15, -0.1) is 0 Å². The molecule has 5 nitrogen and oxygen atoms in total. The van der Waals surface area contributed by atoms with Gasteiger partial charge in [-0.05, 0) is 58.5 Å². The molecule has 0 bridgehead atoms. The van der Waals surface area contributed by atoms with Crippen LogP contribution in [0, 0.1) is 11.3 Å². The molecule has 0 saturated carbocycles. The first kappa shape index (κ1) is 24.1. The molecule has 0 saturated heterocycles. The maximum Gasteiger partial charge on any atom is 0.413 e. The lowest BCUT2D eigenvalue weighted by atomic mass is 9.75. The van der Waals surface area contributed by atoms with E-state index in [0.29, 0.717) is 21.5 Å². The van der Waals surface area contributed by atoms with Gasteiger partial charge in [0.05, 0.1) is 10.0 Å². The summed E-state index contributed by atoms with van der Waals surface area (Å²) in [5, 5.41) is 14.3. The minimum atomic E-state index is -0.702. The number of hydrogen-bond acceptors (Lipinski definition) is 4. The smallest absolute Gasteiger partial charge is 0.413 e. The van der Waals surface area contributed by atoms with Crippen LogP contribution in [0.15, 0.2) is 72.9 Å². The molecule has 36 heavy (non-hydrogen) atoms. The van der Waals surface area contributed by atoms with Crippen molar-refractivity contribution in [3.05, 3.63) is 116 Å². The van der Waals surface area contributed by atoms with Crippen LogP contribution in [0.25, 0.3) is 11.1 Å². The summed E-state index contributed by atoms with van der Waals surface area (Å²) in [5.74, 6) is 0.167. The second-order valence-electron chi connectivity index (χ2n) is 8.34. The monoisotopic (exact) mass is 533 g/mol. The normalized spacial score (nSPS) is 13.8. The third kappa shape index (κ3) is 4.76. The highest BCUT2D eigenvalue weighted by Gasteiger charge is 2.30. The van der Waals surface area contributed by atoms with Gasteiger partial charge >= 0.3 is 6.09 Å². The number of benzene rings is 3. The Bertz CT molecular complexity index is 1510. The number of anilines is 1. The van der Waals surface area contributed by atoms with Crippen LogP contribution in [0.3, 0.4) is 0 Å². The molecule has 4 aromatic rings. The van der Waals surface area contributed by atoms with E-state index in [4.69, 9.17) is 39.5 Å². The maximum absolute atomic E-state index is 12.5. The minimum absolute atomic E-state index is 0.0139. The average Bonchev–Trinajstić information content (AvgIpc) is 2.89. The number of pyridine rings is 1. The molecule has 0 fully saturated rings. The van der Waals surface area contributed by atoms with E-state index < -0.39 is 6.09 Å². The number of nitrogens with one attached hydrogen (secondary N) is 1. The first-order valence-electron chi connectivity index (χ1n) is 11.1. The summed E-state index contributed by atoms with van der Waals surface area (Å²) in [4.78, 5) is 16.9. The van der Waals surface area contributed by atoms with Crippen LogP contribution in [-0.2, 0) is 17.8 Å². The molecule has 1 amide bonds. The third-order valence-electron chi connectivity index (χ3n) is 6.15. The number of ether oxygens (including phenoxy) is 1. The van der Waals surface area contributed by atoms with Crippen molar-refractivity contribution in [3.8, 4) is 17.2 Å². The Hall–Kier alpha value is -3.56. The molecule has 0 radical (unpaired) electrons. The lowest BCUT2D eigenvalue weighted by molar-refractivity contribution is 0.155. The van der Waals surface area contributed by atoms with Gasteiger partial charge in [0.2, 0.25) is 0 Å². The predicted octanol–water partition coefficient (Wildman–Crippen LogP) is 8.02. The van der Waals surface area contributed by atoms with E-state index in [1.54, 1.807) is 36.5 Å². The summed E-state index contributed by atoms with van der Waals surface area (Å²) in [7, 11) is 0. The van der Waals surface area contributed by atoms with Gasteiger partial charge in [-0.25, -0.2) is 9.78 Å². The second kappa shape index (κ2) is 10.2. The van der Waals surface area contributed by atoms with Crippen molar-refractivity contribution >= 4 is 46.7 Å². The molecule has 1 aliphatic carbocycles. The molecule has 5 rings (SSSR count). The fraction of sp³-hybridized carbons (Fsp3) is 0.107. The Balaban J connectivity index is 1.46. The van der Waals surface area contributed by atoms with Crippen LogP contribution < -0.4 is 5.32 Å².